The average molecular weight is 375 g/mol. The fourth-order valence-electron chi connectivity index (χ4n) is 2.74. The number of thiazole rings is 1. The molecule has 4 heterocycles. The van der Waals surface area contributed by atoms with E-state index in [0.717, 1.165) is 23.0 Å². The third-order valence-electron chi connectivity index (χ3n) is 4.06. The van der Waals surface area contributed by atoms with Gasteiger partial charge in [0, 0.05) is 26.2 Å². The van der Waals surface area contributed by atoms with E-state index in [1.54, 1.807) is 17.5 Å². The van der Waals surface area contributed by atoms with Crippen LogP contribution in [0.5, 0.6) is 0 Å². The van der Waals surface area contributed by atoms with Crippen molar-refractivity contribution in [3.05, 3.63) is 39.4 Å². The van der Waals surface area contributed by atoms with E-state index >= 15 is 0 Å². The molecule has 0 saturated carbocycles. The van der Waals surface area contributed by atoms with E-state index in [1.165, 1.54) is 11.3 Å². The fraction of sp³-hybridized carbons (Fsp3) is 0.375. The lowest BCUT2D eigenvalue weighted by Gasteiger charge is -2.33. The van der Waals surface area contributed by atoms with Gasteiger partial charge in [0.1, 0.15) is 4.88 Å². The molecule has 1 amide bonds. The second kappa shape index (κ2) is 7.03. The third-order valence-corrected chi connectivity index (χ3v) is 5.82. The first kappa shape index (κ1) is 16.4. The van der Waals surface area contributed by atoms with Gasteiger partial charge in [-0.05, 0) is 18.4 Å². The molecule has 0 unspecified atom stereocenters. The Kier molecular flexibility index (Phi) is 4.60. The van der Waals surface area contributed by atoms with Crippen molar-refractivity contribution in [3.8, 4) is 10.8 Å². The second-order valence-corrected chi connectivity index (χ2v) is 7.99. The highest BCUT2D eigenvalue weighted by Gasteiger charge is 2.24. The first-order valence-electron chi connectivity index (χ1n) is 7.99. The van der Waals surface area contributed by atoms with Crippen LogP contribution in [-0.2, 0) is 6.54 Å². The summed E-state index contributed by atoms with van der Waals surface area (Å²) in [5.74, 6) is 1.32. The van der Waals surface area contributed by atoms with Gasteiger partial charge in [0.2, 0.25) is 0 Å². The lowest BCUT2D eigenvalue weighted by molar-refractivity contribution is 0.0629. The minimum Gasteiger partial charge on any atom is -0.335 e. The Morgan fingerprint density at radius 2 is 2.16 bits per heavy atom. The minimum atomic E-state index is 0.0739. The maximum atomic E-state index is 12.5. The Balaban J connectivity index is 1.32. The number of piperazine rings is 1. The van der Waals surface area contributed by atoms with Crippen molar-refractivity contribution in [2.24, 2.45) is 0 Å². The number of thiophene rings is 1. The highest BCUT2D eigenvalue weighted by atomic mass is 32.1. The van der Waals surface area contributed by atoms with Crippen molar-refractivity contribution >= 4 is 28.6 Å². The fourth-order valence-corrected chi connectivity index (χ4v) is 4.13. The van der Waals surface area contributed by atoms with Crippen LogP contribution in [0, 0.1) is 6.92 Å². The predicted octanol–water partition coefficient (Wildman–Crippen LogP) is 2.52. The number of carbonyl (C=O) groups is 1. The molecule has 9 heteroatoms. The largest absolute Gasteiger partial charge is 0.335 e. The van der Waals surface area contributed by atoms with Crippen molar-refractivity contribution in [3.63, 3.8) is 0 Å². The van der Waals surface area contributed by atoms with Crippen LogP contribution in [0.3, 0.4) is 0 Å². The van der Waals surface area contributed by atoms with Gasteiger partial charge in [0.15, 0.2) is 5.82 Å². The lowest BCUT2D eigenvalue weighted by Crippen LogP contribution is -2.48. The summed E-state index contributed by atoms with van der Waals surface area (Å²) < 4.78 is 5.32. The van der Waals surface area contributed by atoms with Crippen LogP contribution in [0.15, 0.2) is 28.2 Å². The topological polar surface area (TPSA) is 75.4 Å². The van der Waals surface area contributed by atoms with Gasteiger partial charge in [-0.1, -0.05) is 11.2 Å². The summed E-state index contributed by atoms with van der Waals surface area (Å²) in [6.07, 6.45) is 1.67. The summed E-state index contributed by atoms with van der Waals surface area (Å²) >= 11 is 3.03. The summed E-state index contributed by atoms with van der Waals surface area (Å²) in [6, 6.07) is 3.93. The molecule has 3 aromatic rings. The van der Waals surface area contributed by atoms with Crippen molar-refractivity contribution in [1.29, 1.82) is 0 Å². The van der Waals surface area contributed by atoms with Crippen LogP contribution >= 0.6 is 22.7 Å². The van der Waals surface area contributed by atoms with Crippen molar-refractivity contribution < 1.29 is 9.32 Å². The van der Waals surface area contributed by atoms with Crippen LogP contribution in [0.25, 0.3) is 10.8 Å². The highest BCUT2D eigenvalue weighted by molar-refractivity contribution is 7.13. The van der Waals surface area contributed by atoms with Gasteiger partial charge < -0.3 is 9.42 Å². The molecule has 1 saturated heterocycles. The molecular formula is C16H17N5O2S2. The average Bonchev–Trinajstić information content (AvgIpc) is 3.36. The number of aryl methyl sites for hydroxylation is 1. The Morgan fingerprint density at radius 1 is 1.32 bits per heavy atom. The van der Waals surface area contributed by atoms with E-state index in [2.05, 4.69) is 20.0 Å². The van der Waals surface area contributed by atoms with Crippen molar-refractivity contribution in [2.75, 3.05) is 26.2 Å². The monoisotopic (exact) mass is 375 g/mol. The quantitative estimate of drug-likeness (QED) is 0.697. The summed E-state index contributed by atoms with van der Waals surface area (Å²) in [7, 11) is 0. The van der Waals surface area contributed by atoms with Crippen molar-refractivity contribution in [1.82, 2.24) is 24.9 Å². The Labute approximate surface area is 152 Å². The summed E-state index contributed by atoms with van der Waals surface area (Å²) in [4.78, 5) is 26.9. The molecule has 0 bridgehead atoms. The standard InChI is InChI=1S/C16H17N5O2S2/c1-11-17-9-13(25-11)16(22)21-6-4-20(5-7-21)10-14-18-15(23-19-14)12-3-2-8-24-12/h2-3,8-9H,4-7,10H2,1H3. The van der Waals surface area contributed by atoms with Crippen LogP contribution in [0.2, 0.25) is 0 Å². The molecule has 1 fully saturated rings. The maximum Gasteiger partial charge on any atom is 0.268 e. The molecule has 0 radical (unpaired) electrons. The molecule has 0 atom stereocenters. The van der Waals surface area contributed by atoms with E-state index in [-0.39, 0.29) is 5.91 Å². The molecule has 0 spiro atoms. The number of carbonyl (C=O) groups excluding carboxylic acids is 1. The molecule has 4 rings (SSSR count). The van der Waals surface area contributed by atoms with Gasteiger partial charge in [-0.25, -0.2) is 4.98 Å². The number of hydrogen-bond donors (Lipinski definition) is 0. The minimum absolute atomic E-state index is 0.0739. The van der Waals surface area contributed by atoms with Crippen LogP contribution in [0.1, 0.15) is 20.5 Å². The zero-order valence-electron chi connectivity index (χ0n) is 13.7. The van der Waals surface area contributed by atoms with E-state index in [9.17, 15) is 4.79 Å². The predicted molar refractivity (Wildman–Crippen MR) is 95.6 cm³/mol. The van der Waals surface area contributed by atoms with E-state index < -0.39 is 0 Å². The molecule has 25 heavy (non-hydrogen) atoms. The van der Waals surface area contributed by atoms with E-state index in [4.69, 9.17) is 4.52 Å². The van der Waals surface area contributed by atoms with Crippen LogP contribution < -0.4 is 0 Å². The summed E-state index contributed by atoms with van der Waals surface area (Å²) in [5, 5.41) is 6.97. The lowest BCUT2D eigenvalue weighted by atomic mass is 10.3. The smallest absolute Gasteiger partial charge is 0.268 e. The van der Waals surface area contributed by atoms with Gasteiger partial charge in [-0.15, -0.1) is 22.7 Å². The number of nitrogens with zero attached hydrogens (tertiary/aromatic N) is 5. The zero-order chi connectivity index (χ0) is 17.2. The van der Waals surface area contributed by atoms with Gasteiger partial charge in [0.05, 0.1) is 22.6 Å². The Bertz CT molecular complexity index is 850. The van der Waals surface area contributed by atoms with Gasteiger partial charge in [-0.3, -0.25) is 9.69 Å². The Hall–Kier alpha value is -2.10. The van der Waals surface area contributed by atoms with Crippen molar-refractivity contribution in [2.45, 2.75) is 13.5 Å². The summed E-state index contributed by atoms with van der Waals surface area (Å²) in [5.41, 5.74) is 0. The molecule has 0 aliphatic carbocycles. The maximum absolute atomic E-state index is 12.5. The molecule has 7 nitrogen and oxygen atoms in total. The van der Waals surface area contributed by atoms with Gasteiger partial charge >= 0.3 is 0 Å². The second-order valence-electron chi connectivity index (χ2n) is 5.80. The van der Waals surface area contributed by atoms with E-state index in [0.29, 0.717) is 36.2 Å². The van der Waals surface area contributed by atoms with E-state index in [1.807, 2.05) is 29.3 Å². The normalized spacial score (nSPS) is 15.6. The molecule has 1 aliphatic heterocycles. The number of aromatic nitrogens is 3. The number of amides is 1. The molecule has 0 N–H and O–H groups in total. The summed E-state index contributed by atoms with van der Waals surface area (Å²) in [6.45, 7) is 5.54. The molecule has 3 aromatic heterocycles. The van der Waals surface area contributed by atoms with Crippen LogP contribution in [0.4, 0.5) is 0 Å². The molecule has 0 aromatic carbocycles. The first-order chi connectivity index (χ1) is 12.2. The molecular weight excluding hydrogens is 358 g/mol. The molecule has 130 valence electrons. The zero-order valence-corrected chi connectivity index (χ0v) is 15.3. The van der Waals surface area contributed by atoms with Crippen LogP contribution in [-0.4, -0.2) is 57.0 Å². The molecule has 1 aliphatic rings. The SMILES string of the molecule is Cc1ncc(C(=O)N2CCN(Cc3noc(-c4cccs4)n3)CC2)s1. The van der Waals surface area contributed by atoms with Gasteiger partial charge in [-0.2, -0.15) is 4.98 Å². The first-order valence-corrected chi connectivity index (χ1v) is 9.69. The number of hydrogen-bond acceptors (Lipinski definition) is 8. The third kappa shape index (κ3) is 3.63. The highest BCUT2D eigenvalue weighted by Crippen LogP contribution is 2.23. The Morgan fingerprint density at radius 3 is 2.84 bits per heavy atom. The van der Waals surface area contributed by atoms with Gasteiger partial charge in [0.25, 0.3) is 11.8 Å². The number of rotatable bonds is 4.